The van der Waals surface area contributed by atoms with Crippen molar-refractivity contribution in [2.75, 3.05) is 6.61 Å². The standard InChI is InChI=1S/C30H9F49O2/c1-5(2)6(80)81-4-3-7(31,32)8(33,34)9(35,36)10(37,38)11(39,40)12(41,42)13(43,44)14(45,46)15(47,48)16(49,50)17(51,52)18(53,54)19(55,56)20(57,58)21(59,60)22(61,62)23(63,64)24(65,66)25(67,68)26(69,70)27(71,72)28(73,74)29(75,76)30(77,78)79/h1,3-4H2,2H3. The first-order chi connectivity index (χ1) is 34.1. The molecule has 0 fully saturated rings. The molecular weight excluding hydrogens is 1320 g/mol. The van der Waals surface area contributed by atoms with Gasteiger partial charge in [0.05, 0.1) is 13.0 Å². The van der Waals surface area contributed by atoms with Crippen molar-refractivity contribution in [2.45, 2.75) is 156 Å². The highest BCUT2D eigenvalue weighted by Crippen LogP contribution is 2.72. The molecule has 0 bridgehead atoms. The lowest BCUT2D eigenvalue weighted by Gasteiger charge is -2.48. The van der Waals surface area contributed by atoms with E-state index in [4.69, 9.17) is 0 Å². The number of carbonyl (C=O) groups excluding carboxylic acids is 1. The Balaban J connectivity index is 8.10. The van der Waals surface area contributed by atoms with E-state index in [1.807, 2.05) is 0 Å². The molecule has 0 radical (unpaired) electrons. The van der Waals surface area contributed by atoms with E-state index in [0.29, 0.717) is 6.92 Å². The topological polar surface area (TPSA) is 26.3 Å². The van der Waals surface area contributed by atoms with Gasteiger partial charge in [-0.15, -0.1) is 0 Å². The zero-order chi connectivity index (χ0) is 67.3. The van der Waals surface area contributed by atoms with Crippen LogP contribution in [0.2, 0.25) is 0 Å². The molecule has 51 heteroatoms. The van der Waals surface area contributed by atoms with E-state index >= 15 is 0 Å². The van der Waals surface area contributed by atoms with Gasteiger partial charge in [-0.3, -0.25) is 0 Å². The zero-order valence-electron chi connectivity index (χ0n) is 35.5. The van der Waals surface area contributed by atoms with Gasteiger partial charge in [-0.2, -0.15) is 215 Å². The molecule has 0 N–H and O–H groups in total. The second-order valence-corrected chi connectivity index (χ2v) is 15.5. The van der Waals surface area contributed by atoms with Gasteiger partial charge in [-0.05, 0) is 6.92 Å². The molecule has 0 aromatic heterocycles. The highest BCUT2D eigenvalue weighted by atomic mass is 19.4. The molecule has 0 atom stereocenters. The lowest BCUT2D eigenvalue weighted by atomic mass is 9.81. The summed E-state index contributed by atoms with van der Waals surface area (Å²) in [4.78, 5) is 11.0. The predicted octanol–water partition coefficient (Wildman–Crippen LogP) is 16.7. The molecule has 0 aromatic carbocycles. The Bertz CT molecular complexity index is 2310. The Morgan fingerprint density at radius 3 is 0.494 bits per heavy atom. The maximum Gasteiger partial charge on any atom is 0.460 e. The highest BCUT2D eigenvalue weighted by Gasteiger charge is 3.04. The van der Waals surface area contributed by atoms with E-state index in [1.165, 1.54) is 0 Å². The predicted molar refractivity (Wildman–Crippen MR) is 150 cm³/mol. The number of ether oxygens (including phenoxy) is 1. The van der Waals surface area contributed by atoms with Crippen LogP contribution in [0.5, 0.6) is 0 Å². The summed E-state index contributed by atoms with van der Waals surface area (Å²) in [6.45, 7) is 0.520. The minimum absolute atomic E-state index is 0.505. The third kappa shape index (κ3) is 9.03. The van der Waals surface area contributed by atoms with Gasteiger partial charge < -0.3 is 4.74 Å². The van der Waals surface area contributed by atoms with E-state index in [9.17, 15) is 220 Å². The SMILES string of the molecule is C=C(C)C(=O)OCCC(F)(F)C(F)(F)C(F)(F)C(F)(F)C(F)(F)C(F)(F)C(F)(F)C(F)(F)C(F)(F)C(F)(F)C(F)(F)C(F)(F)C(F)(F)C(F)(F)C(F)(F)C(F)(F)C(F)(F)C(F)(F)C(F)(F)C(F)(F)C(F)(F)C(F)(F)C(F)(F)C(F)(F)F. The number of hydrogen-bond donors (Lipinski definition) is 0. The number of alkyl halides is 49. The third-order valence-corrected chi connectivity index (χ3v) is 10.1. The van der Waals surface area contributed by atoms with E-state index in [0.717, 1.165) is 0 Å². The second kappa shape index (κ2) is 19.1. The second-order valence-electron chi connectivity index (χ2n) is 15.5. The van der Waals surface area contributed by atoms with Crippen LogP contribution in [0.3, 0.4) is 0 Å². The highest BCUT2D eigenvalue weighted by molar-refractivity contribution is 5.86. The summed E-state index contributed by atoms with van der Waals surface area (Å²) in [6, 6.07) is 0. The fourth-order valence-corrected chi connectivity index (χ4v) is 4.90. The van der Waals surface area contributed by atoms with Gasteiger partial charge in [0.2, 0.25) is 0 Å². The maximum atomic E-state index is 14.2. The van der Waals surface area contributed by atoms with E-state index < -0.39 is 167 Å². The van der Waals surface area contributed by atoms with Crippen molar-refractivity contribution in [3.63, 3.8) is 0 Å². The quantitative estimate of drug-likeness (QED) is 0.0490. The summed E-state index contributed by atoms with van der Waals surface area (Å²) >= 11 is 0. The molecule has 0 unspecified atom stereocenters. The largest absolute Gasteiger partial charge is 0.462 e. The van der Waals surface area contributed by atoms with Crippen molar-refractivity contribution >= 4 is 5.97 Å². The zero-order valence-corrected chi connectivity index (χ0v) is 35.5. The van der Waals surface area contributed by atoms with Crippen molar-refractivity contribution in [1.29, 1.82) is 0 Å². The molecule has 0 rings (SSSR count). The number of esters is 1. The van der Waals surface area contributed by atoms with Crippen LogP contribution in [-0.4, -0.2) is 155 Å². The van der Waals surface area contributed by atoms with Crippen LogP contribution in [0, 0.1) is 0 Å². The normalized spacial score (nSPS) is 17.0. The summed E-state index contributed by atoms with van der Waals surface area (Å²) < 4.78 is 683. The van der Waals surface area contributed by atoms with Crippen molar-refractivity contribution in [3.8, 4) is 0 Å². The fourth-order valence-electron chi connectivity index (χ4n) is 4.90. The third-order valence-electron chi connectivity index (χ3n) is 10.1. The number of rotatable bonds is 26. The average molecular weight is 1330 g/mol. The Morgan fingerprint density at radius 1 is 0.247 bits per heavy atom. The Hall–Kier alpha value is -4.22. The van der Waals surface area contributed by atoms with Gasteiger partial charge in [0, 0.05) is 5.57 Å². The molecule has 0 aliphatic carbocycles. The van der Waals surface area contributed by atoms with Gasteiger partial charge in [-0.1, -0.05) is 6.58 Å². The smallest absolute Gasteiger partial charge is 0.460 e. The average Bonchev–Trinajstić information content (AvgIpc) is 3.23. The summed E-state index contributed by atoms with van der Waals surface area (Å²) in [5.41, 5.74) is -1.00. The fraction of sp³-hybridized carbons (Fsp3) is 0.900. The number of carbonyl (C=O) groups is 1. The minimum atomic E-state index is -10.9. The molecule has 484 valence electrons. The Morgan fingerprint density at radius 2 is 0.370 bits per heavy atom. The van der Waals surface area contributed by atoms with E-state index in [-0.39, 0.29) is 0 Å². The van der Waals surface area contributed by atoms with Crippen LogP contribution in [-0.2, 0) is 9.53 Å². The number of halogens is 49. The van der Waals surface area contributed by atoms with Gasteiger partial charge in [-0.25, -0.2) is 4.79 Å². The van der Waals surface area contributed by atoms with E-state index in [1.54, 1.807) is 0 Å². The molecule has 81 heavy (non-hydrogen) atoms. The molecule has 0 aliphatic heterocycles. The van der Waals surface area contributed by atoms with Crippen molar-refractivity contribution in [2.24, 2.45) is 0 Å². The van der Waals surface area contributed by atoms with Crippen LogP contribution in [0.25, 0.3) is 0 Å². The lowest BCUT2D eigenvalue weighted by molar-refractivity contribution is -0.498. The van der Waals surface area contributed by atoms with Gasteiger partial charge in [0.25, 0.3) is 0 Å². The Labute approximate surface area is 406 Å². The summed E-state index contributed by atoms with van der Waals surface area (Å²) in [5.74, 6) is -238. The molecule has 0 aromatic rings. The molecule has 0 amide bonds. The van der Waals surface area contributed by atoms with Crippen molar-refractivity contribution in [3.05, 3.63) is 12.2 Å². The van der Waals surface area contributed by atoms with Crippen molar-refractivity contribution in [1.82, 2.24) is 0 Å². The van der Waals surface area contributed by atoms with E-state index in [2.05, 4.69) is 11.3 Å². The van der Waals surface area contributed by atoms with Crippen LogP contribution in [0.4, 0.5) is 215 Å². The van der Waals surface area contributed by atoms with Crippen molar-refractivity contribution < 1.29 is 225 Å². The lowest BCUT2D eigenvalue weighted by Crippen LogP contribution is -2.81. The first-order valence-corrected chi connectivity index (χ1v) is 17.7. The monoisotopic (exact) mass is 1330 g/mol. The first-order valence-electron chi connectivity index (χ1n) is 17.7. The molecule has 2 nitrogen and oxygen atoms in total. The summed E-state index contributed by atoms with van der Waals surface area (Å²) in [5, 5.41) is 0. The molecule has 0 saturated carbocycles. The number of hydrogen-bond acceptors (Lipinski definition) is 2. The summed E-state index contributed by atoms with van der Waals surface area (Å²) in [6.07, 6.45) is -12.1. The van der Waals surface area contributed by atoms with Gasteiger partial charge in [0.15, 0.2) is 0 Å². The van der Waals surface area contributed by atoms with Crippen LogP contribution in [0.15, 0.2) is 12.2 Å². The minimum Gasteiger partial charge on any atom is -0.462 e. The molecule has 0 spiro atoms. The van der Waals surface area contributed by atoms with Crippen LogP contribution >= 0.6 is 0 Å². The maximum absolute atomic E-state index is 14.2. The van der Waals surface area contributed by atoms with Crippen LogP contribution in [0.1, 0.15) is 13.3 Å². The van der Waals surface area contributed by atoms with Gasteiger partial charge >= 0.3 is 148 Å². The molecule has 0 saturated heterocycles. The first kappa shape index (κ1) is 76.8. The molecule has 0 aliphatic rings. The molecule has 0 heterocycles. The van der Waals surface area contributed by atoms with Gasteiger partial charge in [0.1, 0.15) is 0 Å². The van der Waals surface area contributed by atoms with Crippen LogP contribution < -0.4 is 0 Å². The summed E-state index contributed by atoms with van der Waals surface area (Å²) in [7, 11) is 0. The Kier molecular flexibility index (Phi) is 18.1. The molecular formula is C30H9F49O2.